The molecule has 0 aliphatic carbocycles. The van der Waals surface area contributed by atoms with E-state index in [1.807, 2.05) is 13.0 Å². The van der Waals surface area contributed by atoms with Gasteiger partial charge in [0.1, 0.15) is 10.6 Å². The molecule has 6 heteroatoms. The summed E-state index contributed by atoms with van der Waals surface area (Å²) < 4.78 is 32.6. The van der Waals surface area contributed by atoms with E-state index in [-0.39, 0.29) is 10.9 Å². The first kappa shape index (κ1) is 14.3. The van der Waals surface area contributed by atoms with Gasteiger partial charge in [-0.15, -0.1) is 0 Å². The van der Waals surface area contributed by atoms with E-state index in [2.05, 4.69) is 4.72 Å². The number of hydrogen-bond donors (Lipinski definition) is 2. The summed E-state index contributed by atoms with van der Waals surface area (Å²) in [5.41, 5.74) is 7.81. The van der Waals surface area contributed by atoms with Gasteiger partial charge in [-0.1, -0.05) is 19.9 Å². The highest BCUT2D eigenvalue weighted by molar-refractivity contribution is 7.89. The Morgan fingerprint density at radius 2 is 2.16 bits per heavy atom. The third kappa shape index (κ3) is 2.75. The number of nitrogens with one attached hydrogen (secondary N) is 1. The second-order valence-corrected chi connectivity index (χ2v) is 6.35. The number of rotatable bonds is 4. The maximum atomic E-state index is 12.2. The molecule has 2 rings (SSSR count). The molecule has 5 nitrogen and oxygen atoms in total. The molecule has 0 bridgehead atoms. The van der Waals surface area contributed by atoms with Crippen LogP contribution in [0.4, 0.5) is 0 Å². The number of aryl methyl sites for hydroxylation is 1. The molecule has 19 heavy (non-hydrogen) atoms. The summed E-state index contributed by atoms with van der Waals surface area (Å²) in [4.78, 5) is 0.207. The Morgan fingerprint density at radius 1 is 1.42 bits per heavy atom. The van der Waals surface area contributed by atoms with Crippen molar-refractivity contribution in [2.45, 2.75) is 37.6 Å². The van der Waals surface area contributed by atoms with E-state index in [0.717, 1.165) is 17.5 Å². The van der Waals surface area contributed by atoms with E-state index in [4.69, 9.17) is 10.5 Å². The Hall–Kier alpha value is -1.11. The molecule has 1 aromatic rings. The van der Waals surface area contributed by atoms with Crippen molar-refractivity contribution in [2.75, 3.05) is 13.2 Å². The molecule has 0 spiro atoms. The minimum atomic E-state index is -3.54. The molecule has 1 unspecified atom stereocenters. The third-order valence-electron chi connectivity index (χ3n) is 3.25. The molecular formula is C13H20N2O3S. The molecule has 0 saturated carbocycles. The second kappa shape index (κ2) is 5.48. The lowest BCUT2D eigenvalue weighted by Gasteiger charge is -2.26. The van der Waals surface area contributed by atoms with Gasteiger partial charge in [0.25, 0.3) is 0 Å². The van der Waals surface area contributed by atoms with Gasteiger partial charge in [0.2, 0.25) is 10.0 Å². The molecule has 1 aliphatic rings. The number of benzene rings is 1. The van der Waals surface area contributed by atoms with Crippen LogP contribution in [-0.4, -0.2) is 21.6 Å². The summed E-state index contributed by atoms with van der Waals surface area (Å²) in [5.74, 6) is 0.414. The molecule has 0 radical (unpaired) electrons. The highest BCUT2D eigenvalue weighted by atomic mass is 32.2. The van der Waals surface area contributed by atoms with E-state index in [1.165, 1.54) is 0 Å². The predicted molar refractivity (Wildman–Crippen MR) is 73.7 cm³/mol. The Kier molecular flexibility index (Phi) is 4.13. The minimum absolute atomic E-state index is 0.161. The smallest absolute Gasteiger partial charge is 0.244 e. The van der Waals surface area contributed by atoms with Crippen LogP contribution in [0.15, 0.2) is 17.0 Å². The Bertz CT molecular complexity index is 569. The van der Waals surface area contributed by atoms with Crippen LogP contribution < -0.4 is 15.2 Å². The largest absolute Gasteiger partial charge is 0.492 e. The fourth-order valence-electron chi connectivity index (χ4n) is 2.23. The summed E-state index contributed by atoms with van der Waals surface area (Å²) in [7, 11) is -3.54. The molecule has 1 heterocycles. The predicted octanol–water partition coefficient (Wildman–Crippen LogP) is 1.33. The van der Waals surface area contributed by atoms with Crippen molar-refractivity contribution in [3.63, 3.8) is 0 Å². The van der Waals surface area contributed by atoms with Gasteiger partial charge in [-0.25, -0.2) is 13.1 Å². The van der Waals surface area contributed by atoms with E-state index >= 15 is 0 Å². The standard InChI is InChI=1S/C13H20N2O3S/c1-3-9-7-10-11(14)5-6-18-13(10)12(8-9)19(16,17)15-4-2/h7-8,11,15H,3-6,14H2,1-2H3. The fourth-order valence-corrected chi connectivity index (χ4v) is 3.49. The maximum absolute atomic E-state index is 12.2. The van der Waals surface area contributed by atoms with Crippen molar-refractivity contribution in [1.29, 1.82) is 0 Å². The third-order valence-corrected chi connectivity index (χ3v) is 4.80. The number of hydrogen-bond acceptors (Lipinski definition) is 4. The number of ether oxygens (including phenoxy) is 1. The zero-order valence-electron chi connectivity index (χ0n) is 11.3. The van der Waals surface area contributed by atoms with Crippen molar-refractivity contribution in [1.82, 2.24) is 4.72 Å². The van der Waals surface area contributed by atoms with Crippen molar-refractivity contribution >= 4 is 10.0 Å². The first-order valence-electron chi connectivity index (χ1n) is 6.54. The highest BCUT2D eigenvalue weighted by Gasteiger charge is 2.27. The monoisotopic (exact) mass is 284 g/mol. The van der Waals surface area contributed by atoms with Gasteiger partial charge in [0.05, 0.1) is 6.61 Å². The Balaban J connectivity index is 2.63. The first-order chi connectivity index (χ1) is 8.99. The number of sulfonamides is 1. The van der Waals surface area contributed by atoms with Gasteiger partial charge < -0.3 is 10.5 Å². The first-order valence-corrected chi connectivity index (χ1v) is 8.02. The van der Waals surface area contributed by atoms with Crippen molar-refractivity contribution in [3.8, 4) is 5.75 Å². The summed E-state index contributed by atoms with van der Waals surface area (Å²) in [5, 5.41) is 0. The number of nitrogens with two attached hydrogens (primary N) is 1. The summed E-state index contributed by atoms with van der Waals surface area (Å²) in [6.45, 7) is 4.54. The van der Waals surface area contributed by atoms with Crippen molar-refractivity contribution in [3.05, 3.63) is 23.3 Å². The molecule has 0 saturated heterocycles. The molecule has 1 atom stereocenters. The quantitative estimate of drug-likeness (QED) is 0.874. The zero-order valence-corrected chi connectivity index (χ0v) is 12.1. The van der Waals surface area contributed by atoms with Gasteiger partial charge in [-0.05, 0) is 18.1 Å². The Morgan fingerprint density at radius 3 is 2.79 bits per heavy atom. The van der Waals surface area contributed by atoms with Crippen LogP contribution in [-0.2, 0) is 16.4 Å². The molecule has 0 amide bonds. The maximum Gasteiger partial charge on any atom is 0.244 e. The van der Waals surface area contributed by atoms with Crippen molar-refractivity contribution in [2.24, 2.45) is 5.73 Å². The summed E-state index contributed by atoms with van der Waals surface area (Å²) in [6.07, 6.45) is 1.47. The van der Waals surface area contributed by atoms with Gasteiger partial charge in [0.15, 0.2) is 0 Å². The topological polar surface area (TPSA) is 81.4 Å². The highest BCUT2D eigenvalue weighted by Crippen LogP contribution is 2.37. The van der Waals surface area contributed by atoms with Crippen LogP contribution in [0, 0.1) is 0 Å². The molecule has 3 N–H and O–H groups in total. The molecule has 1 aromatic carbocycles. The van der Waals surface area contributed by atoms with Crippen LogP contribution in [0.3, 0.4) is 0 Å². The van der Waals surface area contributed by atoms with Gasteiger partial charge in [-0.3, -0.25) is 0 Å². The molecule has 106 valence electrons. The van der Waals surface area contributed by atoms with E-state index in [1.54, 1.807) is 13.0 Å². The van der Waals surface area contributed by atoms with E-state index < -0.39 is 10.0 Å². The van der Waals surface area contributed by atoms with Gasteiger partial charge >= 0.3 is 0 Å². The molecule has 0 fully saturated rings. The Labute approximate surface area is 114 Å². The van der Waals surface area contributed by atoms with Crippen LogP contribution in [0.1, 0.15) is 37.4 Å². The van der Waals surface area contributed by atoms with Crippen LogP contribution in [0.2, 0.25) is 0 Å². The summed E-state index contributed by atoms with van der Waals surface area (Å²) in [6, 6.07) is 3.46. The van der Waals surface area contributed by atoms with E-state index in [0.29, 0.717) is 25.3 Å². The van der Waals surface area contributed by atoms with Crippen LogP contribution in [0.5, 0.6) is 5.75 Å². The summed E-state index contributed by atoms with van der Waals surface area (Å²) >= 11 is 0. The van der Waals surface area contributed by atoms with Crippen LogP contribution >= 0.6 is 0 Å². The van der Waals surface area contributed by atoms with Crippen molar-refractivity contribution < 1.29 is 13.2 Å². The average molecular weight is 284 g/mol. The number of fused-ring (bicyclic) bond motifs is 1. The van der Waals surface area contributed by atoms with Crippen LogP contribution in [0.25, 0.3) is 0 Å². The molecule has 0 aromatic heterocycles. The minimum Gasteiger partial charge on any atom is -0.492 e. The average Bonchev–Trinajstić information content (AvgIpc) is 2.38. The van der Waals surface area contributed by atoms with Gasteiger partial charge in [-0.2, -0.15) is 0 Å². The second-order valence-electron chi connectivity index (χ2n) is 4.61. The normalized spacial score (nSPS) is 18.8. The van der Waals surface area contributed by atoms with Gasteiger partial charge in [0, 0.05) is 24.6 Å². The lowest BCUT2D eigenvalue weighted by atomic mass is 9.98. The zero-order chi connectivity index (χ0) is 14.0. The molecule has 1 aliphatic heterocycles. The fraction of sp³-hybridized carbons (Fsp3) is 0.538. The lowest BCUT2D eigenvalue weighted by Crippen LogP contribution is -2.27. The SMILES string of the molecule is CCNS(=O)(=O)c1cc(CC)cc2c1OCCC2N. The molecular weight excluding hydrogens is 264 g/mol. The lowest BCUT2D eigenvalue weighted by molar-refractivity contribution is 0.261. The van der Waals surface area contributed by atoms with E-state index in [9.17, 15) is 8.42 Å².